The summed E-state index contributed by atoms with van der Waals surface area (Å²) >= 11 is 0. The van der Waals surface area contributed by atoms with Crippen molar-refractivity contribution in [3.8, 4) is 0 Å². The van der Waals surface area contributed by atoms with Crippen molar-refractivity contribution in [2.45, 2.75) is 33.7 Å². The number of aromatic nitrogens is 3. The van der Waals surface area contributed by atoms with E-state index >= 15 is 0 Å². The largest absolute Gasteiger partial charge is 0.352 e. The molecule has 1 aromatic heterocycles. The average molecular weight is 375 g/mol. The number of hydrogen-bond acceptors (Lipinski definition) is 4. The molecule has 1 amide bonds. The summed E-state index contributed by atoms with van der Waals surface area (Å²) in [6.07, 6.45) is 5.79. The van der Waals surface area contributed by atoms with Crippen LogP contribution in [-0.2, 0) is 4.79 Å². The zero-order valence-corrected chi connectivity index (χ0v) is 16.2. The number of guanidine groups is 1. The van der Waals surface area contributed by atoms with Gasteiger partial charge in [-0.05, 0) is 27.7 Å². The molecule has 0 aliphatic rings. The second-order valence-electron chi connectivity index (χ2n) is 5.54. The quantitative estimate of drug-likeness (QED) is 0.327. The average Bonchev–Trinajstić information content (AvgIpc) is 3.14. The molecule has 8 nitrogen and oxygen atoms in total. The Balaban J connectivity index is 3.03. The Morgan fingerprint density at radius 1 is 1.44 bits per heavy atom. The molecule has 0 spiro atoms. The van der Waals surface area contributed by atoms with Crippen molar-refractivity contribution < 1.29 is 9.18 Å². The first-order valence-electron chi connectivity index (χ1n) is 8.51. The molecule has 0 fully saturated rings. The van der Waals surface area contributed by atoms with Crippen LogP contribution in [0.3, 0.4) is 0 Å². The molecular weight excluding hydrogens is 349 g/mol. The summed E-state index contributed by atoms with van der Waals surface area (Å²) in [6, 6.07) is -0.209. The van der Waals surface area contributed by atoms with Crippen LogP contribution in [0.1, 0.15) is 27.7 Å². The molecule has 1 rings (SSSR count). The van der Waals surface area contributed by atoms with Crippen LogP contribution in [-0.4, -0.2) is 57.1 Å². The molecule has 0 aliphatic heterocycles. The van der Waals surface area contributed by atoms with Crippen LogP contribution >= 0.6 is 0 Å². The maximum atomic E-state index is 14.0. The summed E-state index contributed by atoms with van der Waals surface area (Å²) in [5, 5.41) is 10.8. The monoisotopic (exact) mass is 375 g/mol. The van der Waals surface area contributed by atoms with Crippen molar-refractivity contribution in [2.75, 3.05) is 13.1 Å². The van der Waals surface area contributed by atoms with Gasteiger partial charge in [0.2, 0.25) is 5.96 Å². The lowest BCUT2D eigenvalue weighted by atomic mass is 10.1. The van der Waals surface area contributed by atoms with E-state index in [1.165, 1.54) is 25.5 Å². The fraction of sp³-hybridized carbons (Fsp3) is 0.389. The zero-order valence-electron chi connectivity index (χ0n) is 16.2. The highest BCUT2D eigenvalue weighted by Gasteiger charge is 2.24. The molecule has 0 aliphatic carbocycles. The SMILES string of the molecule is C=C/N=C(\N=C/C)NC[C@H](C)N(CC)C(=O)/C(C)=C(/C(=C)F)n1nccn1. The number of carbonyl (C=O) groups excluding carboxylic acids is 1. The lowest BCUT2D eigenvalue weighted by Crippen LogP contribution is -2.45. The highest BCUT2D eigenvalue weighted by Crippen LogP contribution is 2.20. The van der Waals surface area contributed by atoms with E-state index in [2.05, 4.69) is 38.7 Å². The molecule has 0 aromatic carbocycles. The molecule has 27 heavy (non-hydrogen) atoms. The van der Waals surface area contributed by atoms with Gasteiger partial charge in [0, 0.05) is 37.1 Å². The van der Waals surface area contributed by atoms with E-state index in [-0.39, 0.29) is 23.2 Å². The predicted octanol–water partition coefficient (Wildman–Crippen LogP) is 2.41. The Labute approximate surface area is 158 Å². The first kappa shape index (κ1) is 21.9. The first-order chi connectivity index (χ1) is 12.9. The molecule has 0 bridgehead atoms. The second-order valence-corrected chi connectivity index (χ2v) is 5.54. The zero-order chi connectivity index (χ0) is 20.4. The minimum atomic E-state index is -0.781. The lowest BCUT2D eigenvalue weighted by molar-refractivity contribution is -0.128. The number of amides is 1. The lowest BCUT2D eigenvalue weighted by Gasteiger charge is -2.29. The van der Waals surface area contributed by atoms with Gasteiger partial charge < -0.3 is 10.2 Å². The number of hydrogen-bond donors (Lipinski definition) is 1. The van der Waals surface area contributed by atoms with Crippen molar-refractivity contribution in [2.24, 2.45) is 9.98 Å². The maximum absolute atomic E-state index is 14.0. The fourth-order valence-corrected chi connectivity index (χ4v) is 2.45. The van der Waals surface area contributed by atoms with Gasteiger partial charge in [-0.15, -0.1) is 4.80 Å². The van der Waals surface area contributed by atoms with Gasteiger partial charge in [-0.1, -0.05) is 13.2 Å². The molecule has 0 saturated heterocycles. The molecule has 1 atom stereocenters. The van der Waals surface area contributed by atoms with Gasteiger partial charge in [0.1, 0.15) is 11.5 Å². The Bertz CT molecular complexity index is 750. The molecule has 146 valence electrons. The van der Waals surface area contributed by atoms with Gasteiger partial charge in [0.15, 0.2) is 0 Å². The van der Waals surface area contributed by atoms with Crippen molar-refractivity contribution in [3.05, 3.63) is 43.2 Å². The Morgan fingerprint density at radius 3 is 2.56 bits per heavy atom. The van der Waals surface area contributed by atoms with Crippen molar-refractivity contribution in [1.82, 2.24) is 25.2 Å². The van der Waals surface area contributed by atoms with E-state index in [9.17, 15) is 9.18 Å². The Hall–Kier alpha value is -3.10. The molecule has 1 aromatic rings. The summed E-state index contributed by atoms with van der Waals surface area (Å²) in [5.41, 5.74) is 0.104. The number of halogens is 1. The van der Waals surface area contributed by atoms with Crippen LogP contribution < -0.4 is 5.32 Å². The number of nitrogens with zero attached hydrogens (tertiary/aromatic N) is 6. The van der Waals surface area contributed by atoms with Crippen LogP contribution in [0.5, 0.6) is 0 Å². The number of rotatable bonds is 8. The van der Waals surface area contributed by atoms with Crippen molar-refractivity contribution in [1.29, 1.82) is 0 Å². The number of allylic oxidation sites excluding steroid dienone is 2. The highest BCUT2D eigenvalue weighted by molar-refractivity contribution is 6.00. The van der Waals surface area contributed by atoms with Crippen LogP contribution in [0.25, 0.3) is 5.70 Å². The fourth-order valence-electron chi connectivity index (χ4n) is 2.45. The third-order valence-electron chi connectivity index (χ3n) is 3.71. The summed E-state index contributed by atoms with van der Waals surface area (Å²) < 4.78 is 14.0. The second kappa shape index (κ2) is 10.8. The minimum absolute atomic E-state index is 0.0619. The van der Waals surface area contributed by atoms with Crippen LogP contribution in [0.4, 0.5) is 4.39 Å². The van der Waals surface area contributed by atoms with Crippen LogP contribution in [0, 0.1) is 0 Å². The van der Waals surface area contributed by atoms with E-state index in [1.54, 1.807) is 18.0 Å². The number of carbonyl (C=O) groups is 1. The van der Waals surface area contributed by atoms with Gasteiger partial charge in [0.05, 0.1) is 12.4 Å². The van der Waals surface area contributed by atoms with Gasteiger partial charge in [0.25, 0.3) is 5.91 Å². The molecule has 1 N–H and O–H groups in total. The summed E-state index contributed by atoms with van der Waals surface area (Å²) in [6.45, 7) is 14.7. The summed E-state index contributed by atoms with van der Waals surface area (Å²) in [5.74, 6) is -0.718. The highest BCUT2D eigenvalue weighted by atomic mass is 19.1. The number of nitrogens with one attached hydrogen (secondary N) is 1. The molecule has 0 radical (unpaired) electrons. The molecule has 9 heteroatoms. The van der Waals surface area contributed by atoms with Crippen molar-refractivity contribution >= 4 is 23.8 Å². The standard InChI is InChI=1S/C18H26FN7O/c1-7-20-18(21-8-2)22-12-13(4)25(9-3)17(27)14(5)16(15(6)19)26-23-10-11-24-26/h7-8,10-11,13H,1,6,9,12H2,2-5H3,(H,20,22)/b16-14-,21-8-/t13-/m0/s1. The van der Waals surface area contributed by atoms with Crippen molar-refractivity contribution in [3.63, 3.8) is 0 Å². The number of aliphatic imine (C=N–C) groups is 2. The normalized spacial score (nSPS) is 13.9. The first-order valence-corrected chi connectivity index (χ1v) is 8.51. The van der Waals surface area contributed by atoms with Gasteiger partial charge in [-0.25, -0.2) is 14.4 Å². The smallest absolute Gasteiger partial charge is 0.252 e. The van der Waals surface area contributed by atoms with Crippen LogP contribution in [0.2, 0.25) is 0 Å². The van der Waals surface area contributed by atoms with Gasteiger partial charge >= 0.3 is 0 Å². The van der Waals surface area contributed by atoms with E-state index in [0.717, 1.165) is 4.80 Å². The van der Waals surface area contributed by atoms with E-state index < -0.39 is 5.83 Å². The third-order valence-corrected chi connectivity index (χ3v) is 3.71. The molecule has 0 saturated carbocycles. The molecule has 0 unspecified atom stereocenters. The predicted molar refractivity (Wildman–Crippen MR) is 106 cm³/mol. The summed E-state index contributed by atoms with van der Waals surface area (Å²) in [7, 11) is 0. The minimum Gasteiger partial charge on any atom is -0.352 e. The van der Waals surface area contributed by atoms with Crippen LogP contribution in [0.15, 0.2) is 53.1 Å². The topological polar surface area (TPSA) is 87.8 Å². The van der Waals surface area contributed by atoms with Gasteiger partial charge in [-0.3, -0.25) is 4.79 Å². The summed E-state index contributed by atoms with van der Waals surface area (Å²) in [4.78, 5) is 23.7. The Morgan fingerprint density at radius 2 is 2.07 bits per heavy atom. The van der Waals surface area contributed by atoms with E-state index in [0.29, 0.717) is 19.0 Å². The third kappa shape index (κ3) is 5.98. The molecular formula is C18H26FN7O. The van der Waals surface area contributed by atoms with E-state index in [1.807, 2.05) is 13.8 Å². The molecule has 1 heterocycles. The van der Waals surface area contributed by atoms with Gasteiger partial charge in [-0.2, -0.15) is 10.2 Å². The Kier molecular flexibility index (Phi) is 8.77. The number of likely N-dealkylation sites (N-methyl/N-ethyl adjacent to an activating group) is 1. The maximum Gasteiger partial charge on any atom is 0.252 e. The van der Waals surface area contributed by atoms with E-state index in [4.69, 9.17) is 0 Å².